The van der Waals surface area contributed by atoms with Gasteiger partial charge < -0.3 is 5.32 Å². The van der Waals surface area contributed by atoms with Gasteiger partial charge >= 0.3 is 0 Å². The summed E-state index contributed by atoms with van der Waals surface area (Å²) < 4.78 is 0. The summed E-state index contributed by atoms with van der Waals surface area (Å²) in [6.45, 7) is 3.21. The molecule has 0 aromatic heterocycles. The van der Waals surface area contributed by atoms with Crippen LogP contribution in [-0.4, -0.2) is 18.9 Å². The molecular weight excluding hydrogens is 245 g/mol. The van der Waals surface area contributed by atoms with E-state index in [0.717, 1.165) is 18.7 Å². The van der Waals surface area contributed by atoms with Crippen molar-refractivity contribution in [1.82, 2.24) is 5.32 Å². The molecule has 4 heteroatoms. The van der Waals surface area contributed by atoms with Crippen LogP contribution in [0.3, 0.4) is 0 Å². The van der Waals surface area contributed by atoms with Crippen molar-refractivity contribution in [2.75, 3.05) is 13.1 Å². The second kappa shape index (κ2) is 4.74. The van der Waals surface area contributed by atoms with Gasteiger partial charge in [0.25, 0.3) is 0 Å². The first-order valence-electron chi connectivity index (χ1n) is 5.25. The highest BCUT2D eigenvalue weighted by atomic mass is 35.5. The topological polar surface area (TPSA) is 29.1 Å². The maximum atomic E-state index is 11.5. The van der Waals surface area contributed by atoms with Gasteiger partial charge in [-0.05, 0) is 24.6 Å². The van der Waals surface area contributed by atoms with Gasteiger partial charge in [0, 0.05) is 24.9 Å². The first-order chi connectivity index (χ1) is 7.59. The zero-order chi connectivity index (χ0) is 11.7. The van der Waals surface area contributed by atoms with Gasteiger partial charge in [0.15, 0.2) is 0 Å². The molecule has 0 aliphatic carbocycles. The number of hydrogen-bond donors (Lipinski definition) is 1. The molecule has 86 valence electrons. The van der Waals surface area contributed by atoms with E-state index in [-0.39, 0.29) is 17.6 Å². The van der Waals surface area contributed by atoms with Gasteiger partial charge in [0.05, 0.1) is 10.0 Å². The van der Waals surface area contributed by atoms with Gasteiger partial charge in [0.1, 0.15) is 5.78 Å². The molecule has 16 heavy (non-hydrogen) atoms. The lowest BCUT2D eigenvalue weighted by atomic mass is 9.87. The maximum absolute atomic E-state index is 11.5. The van der Waals surface area contributed by atoms with Crippen molar-refractivity contribution in [3.05, 3.63) is 33.8 Å². The van der Waals surface area contributed by atoms with E-state index in [1.54, 1.807) is 13.0 Å². The third kappa shape index (κ3) is 2.24. The maximum Gasteiger partial charge on any atom is 0.134 e. The molecule has 1 aromatic rings. The van der Waals surface area contributed by atoms with Crippen LogP contribution in [0.1, 0.15) is 18.4 Å². The van der Waals surface area contributed by atoms with Gasteiger partial charge in [-0.15, -0.1) is 0 Å². The highest BCUT2D eigenvalue weighted by Gasteiger charge is 2.31. The lowest BCUT2D eigenvalue weighted by Crippen LogP contribution is -2.18. The number of hydrogen-bond acceptors (Lipinski definition) is 2. The monoisotopic (exact) mass is 257 g/mol. The van der Waals surface area contributed by atoms with E-state index >= 15 is 0 Å². The Kier molecular flexibility index (Phi) is 3.53. The van der Waals surface area contributed by atoms with E-state index in [9.17, 15) is 4.79 Å². The van der Waals surface area contributed by atoms with E-state index in [1.807, 2.05) is 12.1 Å². The molecule has 0 saturated carbocycles. The molecule has 1 fully saturated rings. The highest BCUT2D eigenvalue weighted by molar-refractivity contribution is 6.42. The van der Waals surface area contributed by atoms with Crippen LogP contribution in [0.25, 0.3) is 0 Å². The van der Waals surface area contributed by atoms with Crippen LogP contribution in [0.15, 0.2) is 18.2 Å². The van der Waals surface area contributed by atoms with Crippen molar-refractivity contribution >= 4 is 29.0 Å². The predicted octanol–water partition coefficient (Wildman–Crippen LogP) is 2.89. The fourth-order valence-corrected chi connectivity index (χ4v) is 2.51. The highest BCUT2D eigenvalue weighted by Crippen LogP contribution is 2.32. The molecule has 0 amide bonds. The predicted molar refractivity (Wildman–Crippen MR) is 66.2 cm³/mol. The summed E-state index contributed by atoms with van der Waals surface area (Å²) in [6, 6.07) is 5.59. The normalized spacial score (nSPS) is 24.7. The fraction of sp³-hybridized carbons (Fsp3) is 0.417. The molecule has 1 aromatic carbocycles. The van der Waals surface area contributed by atoms with Crippen molar-refractivity contribution in [3.63, 3.8) is 0 Å². The van der Waals surface area contributed by atoms with Gasteiger partial charge in [-0.3, -0.25) is 4.79 Å². The van der Waals surface area contributed by atoms with Crippen molar-refractivity contribution < 1.29 is 4.79 Å². The number of carbonyl (C=O) groups is 1. The molecule has 0 bridgehead atoms. The van der Waals surface area contributed by atoms with Crippen LogP contribution in [0, 0.1) is 5.92 Å². The lowest BCUT2D eigenvalue weighted by Gasteiger charge is -2.16. The first-order valence-corrected chi connectivity index (χ1v) is 6.01. The fourth-order valence-electron chi connectivity index (χ4n) is 2.20. The van der Waals surface area contributed by atoms with E-state index in [4.69, 9.17) is 23.2 Å². The Morgan fingerprint density at radius 2 is 2.06 bits per heavy atom. The summed E-state index contributed by atoms with van der Waals surface area (Å²) in [5.41, 5.74) is 1.08. The summed E-state index contributed by atoms with van der Waals surface area (Å²) in [5.74, 6) is 0.491. The Hall–Kier alpha value is -0.570. The summed E-state index contributed by atoms with van der Waals surface area (Å²) >= 11 is 11.9. The largest absolute Gasteiger partial charge is 0.315 e. The lowest BCUT2D eigenvalue weighted by molar-refractivity contribution is -0.120. The molecule has 0 radical (unpaired) electrons. The Labute approximate surface area is 105 Å². The Bertz CT molecular complexity index is 419. The van der Waals surface area contributed by atoms with Gasteiger partial charge in [-0.25, -0.2) is 0 Å². The zero-order valence-corrected chi connectivity index (χ0v) is 10.5. The Morgan fingerprint density at radius 3 is 2.69 bits per heavy atom. The standard InChI is InChI=1S/C12H13Cl2NO/c1-7(16)9-5-15-6-10(9)8-2-3-11(13)12(14)4-8/h2-4,9-10,15H,5-6H2,1H3/t9-,10-/m1/s1. The van der Waals surface area contributed by atoms with Crippen LogP contribution in [-0.2, 0) is 4.79 Å². The van der Waals surface area contributed by atoms with Crippen molar-refractivity contribution in [3.8, 4) is 0 Å². The number of nitrogens with one attached hydrogen (secondary N) is 1. The molecule has 1 aliphatic rings. The summed E-state index contributed by atoms with van der Waals surface area (Å²) in [5, 5.41) is 4.34. The molecule has 0 spiro atoms. The number of carbonyl (C=O) groups excluding carboxylic acids is 1. The van der Waals surface area contributed by atoms with Crippen molar-refractivity contribution in [1.29, 1.82) is 0 Å². The Balaban J connectivity index is 2.29. The van der Waals surface area contributed by atoms with Crippen LogP contribution in [0.2, 0.25) is 10.0 Å². The van der Waals surface area contributed by atoms with E-state index in [0.29, 0.717) is 10.0 Å². The molecule has 0 unspecified atom stereocenters. The van der Waals surface area contributed by atoms with Crippen LogP contribution >= 0.6 is 23.2 Å². The molecule has 1 heterocycles. The second-order valence-corrected chi connectivity index (χ2v) is 4.97. The minimum Gasteiger partial charge on any atom is -0.315 e. The van der Waals surface area contributed by atoms with E-state index < -0.39 is 0 Å². The number of halogens is 2. The minimum atomic E-state index is 0.0530. The molecule has 1 N–H and O–H groups in total. The van der Waals surface area contributed by atoms with Crippen molar-refractivity contribution in [2.45, 2.75) is 12.8 Å². The van der Waals surface area contributed by atoms with Gasteiger partial charge in [0.2, 0.25) is 0 Å². The number of Topliss-reactive ketones (excluding diaryl/α,β-unsaturated/α-hetero) is 1. The molecule has 2 rings (SSSR count). The third-order valence-electron chi connectivity index (χ3n) is 3.11. The number of rotatable bonds is 2. The number of ketones is 1. The Morgan fingerprint density at radius 1 is 1.31 bits per heavy atom. The summed E-state index contributed by atoms with van der Waals surface area (Å²) in [7, 11) is 0. The summed E-state index contributed by atoms with van der Waals surface area (Å²) in [6.07, 6.45) is 0. The molecule has 2 atom stereocenters. The third-order valence-corrected chi connectivity index (χ3v) is 3.85. The molecule has 1 saturated heterocycles. The first kappa shape index (κ1) is 11.9. The van der Waals surface area contributed by atoms with Crippen LogP contribution in [0.4, 0.5) is 0 Å². The van der Waals surface area contributed by atoms with Crippen molar-refractivity contribution in [2.24, 2.45) is 5.92 Å². The van der Waals surface area contributed by atoms with Gasteiger partial charge in [-0.1, -0.05) is 29.3 Å². The number of benzene rings is 1. The second-order valence-electron chi connectivity index (χ2n) is 4.16. The molecular formula is C12H13Cl2NO. The van der Waals surface area contributed by atoms with Crippen LogP contribution in [0.5, 0.6) is 0 Å². The quantitative estimate of drug-likeness (QED) is 0.883. The van der Waals surface area contributed by atoms with E-state index in [1.165, 1.54) is 0 Å². The SMILES string of the molecule is CC(=O)[C@H]1CNC[C@@H]1c1ccc(Cl)c(Cl)c1. The average molecular weight is 258 g/mol. The van der Waals surface area contributed by atoms with Crippen LogP contribution < -0.4 is 5.32 Å². The average Bonchev–Trinajstić information content (AvgIpc) is 2.71. The van der Waals surface area contributed by atoms with E-state index in [2.05, 4.69) is 5.32 Å². The molecule has 2 nitrogen and oxygen atoms in total. The summed E-state index contributed by atoms with van der Waals surface area (Å²) in [4.78, 5) is 11.5. The minimum absolute atomic E-state index is 0.0530. The molecule has 1 aliphatic heterocycles. The smallest absolute Gasteiger partial charge is 0.134 e. The zero-order valence-electron chi connectivity index (χ0n) is 8.97. The van der Waals surface area contributed by atoms with Gasteiger partial charge in [-0.2, -0.15) is 0 Å².